The average Bonchev–Trinajstić information content (AvgIpc) is 2.85. The second kappa shape index (κ2) is 4.09. The summed E-state index contributed by atoms with van der Waals surface area (Å²) in [6, 6.07) is 7.35. The number of nitrogens with zero attached hydrogens (tertiary/aromatic N) is 1. The lowest BCUT2D eigenvalue weighted by Crippen LogP contribution is -2.49. The van der Waals surface area contributed by atoms with Gasteiger partial charge in [-0.2, -0.15) is 0 Å². The van der Waals surface area contributed by atoms with E-state index in [1.165, 1.54) is 34.9 Å². The number of nitrogens with two attached hydrogens (primary N) is 1. The van der Waals surface area contributed by atoms with Crippen LogP contribution in [0.2, 0.25) is 0 Å². The third-order valence-electron chi connectivity index (χ3n) is 5.15. The third kappa shape index (κ3) is 1.58. The number of hydrogen-bond donors (Lipinski definition) is 2. The zero-order valence-electron chi connectivity index (χ0n) is 11.4. The summed E-state index contributed by atoms with van der Waals surface area (Å²) >= 11 is 0. The van der Waals surface area contributed by atoms with Crippen LogP contribution in [0.5, 0.6) is 0 Å². The van der Waals surface area contributed by atoms with Crippen molar-refractivity contribution in [1.29, 1.82) is 0 Å². The summed E-state index contributed by atoms with van der Waals surface area (Å²) in [5.41, 5.74) is 10.2. The Morgan fingerprint density at radius 2 is 2.32 bits per heavy atom. The molecule has 3 heteroatoms. The van der Waals surface area contributed by atoms with Gasteiger partial charge < -0.3 is 15.6 Å². The molecule has 2 heterocycles. The zero-order chi connectivity index (χ0) is 13.0. The molecule has 1 fully saturated rings. The molecule has 1 aliphatic heterocycles. The minimum atomic E-state index is 0.641. The van der Waals surface area contributed by atoms with Gasteiger partial charge in [-0.15, -0.1) is 0 Å². The SMILES string of the molecule is CN1C[C@H](CN)C[C@@H]2c3cccc4[nH]cc(c34)C[C@H]21. The monoisotopic (exact) mass is 255 g/mol. The molecular weight excluding hydrogens is 234 g/mol. The second-order valence-electron chi connectivity index (χ2n) is 6.24. The van der Waals surface area contributed by atoms with Crippen LogP contribution in [0, 0.1) is 5.92 Å². The molecule has 3 N–H and O–H groups in total. The quantitative estimate of drug-likeness (QED) is 0.819. The third-order valence-corrected chi connectivity index (χ3v) is 5.15. The lowest BCUT2D eigenvalue weighted by molar-refractivity contribution is 0.115. The van der Waals surface area contributed by atoms with Gasteiger partial charge in [0, 0.05) is 35.6 Å². The van der Waals surface area contributed by atoms with Crippen LogP contribution in [0.25, 0.3) is 10.9 Å². The Kier molecular flexibility index (Phi) is 2.47. The van der Waals surface area contributed by atoms with E-state index in [2.05, 4.69) is 41.3 Å². The number of H-pyrrole nitrogens is 1. The Morgan fingerprint density at radius 1 is 1.42 bits per heavy atom. The molecule has 1 aromatic heterocycles. The molecule has 0 unspecified atom stereocenters. The number of benzene rings is 1. The molecule has 2 aliphatic rings. The maximum Gasteiger partial charge on any atom is 0.0459 e. The summed E-state index contributed by atoms with van der Waals surface area (Å²) in [5.74, 6) is 1.29. The molecule has 0 saturated carbocycles. The van der Waals surface area contributed by atoms with E-state index in [0.29, 0.717) is 17.9 Å². The van der Waals surface area contributed by atoms with Crippen LogP contribution in [0.15, 0.2) is 24.4 Å². The van der Waals surface area contributed by atoms with E-state index in [1.807, 2.05) is 0 Å². The number of likely N-dealkylation sites (tertiary alicyclic amines) is 1. The average molecular weight is 255 g/mol. The van der Waals surface area contributed by atoms with Gasteiger partial charge in [-0.25, -0.2) is 0 Å². The number of nitrogens with one attached hydrogen (secondary N) is 1. The lowest BCUT2D eigenvalue weighted by Gasteiger charge is -2.45. The Morgan fingerprint density at radius 3 is 3.16 bits per heavy atom. The molecule has 2 aromatic rings. The number of likely N-dealkylation sites (N-methyl/N-ethyl adjacent to an activating group) is 1. The van der Waals surface area contributed by atoms with Crippen LogP contribution in [0.4, 0.5) is 0 Å². The number of piperidine rings is 1. The van der Waals surface area contributed by atoms with Gasteiger partial charge in [0.25, 0.3) is 0 Å². The molecule has 19 heavy (non-hydrogen) atoms. The van der Waals surface area contributed by atoms with Crippen molar-refractivity contribution in [1.82, 2.24) is 9.88 Å². The maximum atomic E-state index is 5.93. The Hall–Kier alpha value is -1.32. The minimum Gasteiger partial charge on any atom is -0.361 e. The van der Waals surface area contributed by atoms with E-state index in [-0.39, 0.29) is 0 Å². The normalized spacial score (nSPS) is 30.5. The highest BCUT2D eigenvalue weighted by atomic mass is 15.1. The second-order valence-corrected chi connectivity index (χ2v) is 6.24. The molecule has 3 nitrogen and oxygen atoms in total. The van der Waals surface area contributed by atoms with Crippen molar-refractivity contribution in [2.24, 2.45) is 11.7 Å². The molecule has 0 radical (unpaired) electrons. The van der Waals surface area contributed by atoms with E-state index < -0.39 is 0 Å². The van der Waals surface area contributed by atoms with Crippen LogP contribution in [0.3, 0.4) is 0 Å². The predicted molar refractivity (Wildman–Crippen MR) is 78.3 cm³/mol. The molecule has 0 bridgehead atoms. The maximum absolute atomic E-state index is 5.93. The van der Waals surface area contributed by atoms with Crippen molar-refractivity contribution < 1.29 is 0 Å². The summed E-state index contributed by atoms with van der Waals surface area (Å²) in [6.07, 6.45) is 4.62. The van der Waals surface area contributed by atoms with Crippen LogP contribution >= 0.6 is 0 Å². The van der Waals surface area contributed by atoms with Crippen LogP contribution < -0.4 is 5.73 Å². The zero-order valence-corrected chi connectivity index (χ0v) is 11.4. The topological polar surface area (TPSA) is 45.0 Å². The van der Waals surface area contributed by atoms with Gasteiger partial charge in [-0.1, -0.05) is 12.1 Å². The fraction of sp³-hybridized carbons (Fsp3) is 0.500. The van der Waals surface area contributed by atoms with Gasteiger partial charge in [0.2, 0.25) is 0 Å². The van der Waals surface area contributed by atoms with Gasteiger partial charge in [0.1, 0.15) is 0 Å². The van der Waals surface area contributed by atoms with Crippen molar-refractivity contribution in [2.75, 3.05) is 20.1 Å². The summed E-state index contributed by atoms with van der Waals surface area (Å²) in [7, 11) is 2.26. The lowest BCUT2D eigenvalue weighted by atomic mass is 9.72. The summed E-state index contributed by atoms with van der Waals surface area (Å²) < 4.78 is 0. The van der Waals surface area contributed by atoms with Gasteiger partial charge in [-0.05, 0) is 49.5 Å². The molecular formula is C16H21N3. The first-order valence-corrected chi connectivity index (χ1v) is 7.27. The number of hydrogen-bond acceptors (Lipinski definition) is 2. The van der Waals surface area contributed by atoms with E-state index in [9.17, 15) is 0 Å². The highest BCUT2D eigenvalue weighted by molar-refractivity contribution is 5.88. The minimum absolute atomic E-state index is 0.641. The van der Waals surface area contributed by atoms with Crippen molar-refractivity contribution in [3.05, 3.63) is 35.5 Å². The summed E-state index contributed by atoms with van der Waals surface area (Å²) in [5, 5.41) is 1.48. The van der Waals surface area contributed by atoms with Gasteiger partial charge in [0.05, 0.1) is 0 Å². The van der Waals surface area contributed by atoms with E-state index >= 15 is 0 Å². The van der Waals surface area contributed by atoms with Gasteiger partial charge in [0.15, 0.2) is 0 Å². The van der Waals surface area contributed by atoms with Crippen LogP contribution in [0.1, 0.15) is 23.5 Å². The van der Waals surface area contributed by atoms with Gasteiger partial charge >= 0.3 is 0 Å². The van der Waals surface area contributed by atoms with Crippen molar-refractivity contribution >= 4 is 10.9 Å². The van der Waals surface area contributed by atoms with Crippen LogP contribution in [-0.4, -0.2) is 36.1 Å². The number of aromatic nitrogens is 1. The van der Waals surface area contributed by atoms with E-state index in [4.69, 9.17) is 5.73 Å². The first-order valence-electron chi connectivity index (χ1n) is 7.27. The number of aromatic amines is 1. The Bertz CT molecular complexity index is 615. The first-order chi connectivity index (χ1) is 9.28. The largest absolute Gasteiger partial charge is 0.361 e. The molecule has 0 amide bonds. The fourth-order valence-corrected chi connectivity index (χ4v) is 4.22. The standard InChI is InChI=1S/C16H21N3/c1-19-9-10(7-17)5-13-12-3-2-4-14-16(12)11(8-18-14)6-15(13)19/h2-4,8,10,13,15,18H,5-7,9,17H2,1H3/t10-,13+,15+/m0/s1. The van der Waals surface area contributed by atoms with E-state index in [1.54, 1.807) is 0 Å². The van der Waals surface area contributed by atoms with Gasteiger partial charge in [-0.3, -0.25) is 0 Å². The van der Waals surface area contributed by atoms with Crippen LogP contribution in [-0.2, 0) is 6.42 Å². The Balaban J connectivity index is 1.86. The van der Waals surface area contributed by atoms with Crippen molar-refractivity contribution in [2.45, 2.75) is 24.8 Å². The summed E-state index contributed by atoms with van der Waals surface area (Å²) in [6.45, 7) is 1.96. The van der Waals surface area contributed by atoms with Crippen molar-refractivity contribution in [3.8, 4) is 0 Å². The molecule has 0 spiro atoms. The van der Waals surface area contributed by atoms with Crippen molar-refractivity contribution in [3.63, 3.8) is 0 Å². The molecule has 1 aliphatic carbocycles. The Labute approximate surface area is 113 Å². The molecule has 1 aromatic carbocycles. The highest BCUT2D eigenvalue weighted by Crippen LogP contribution is 2.43. The first kappa shape index (κ1) is 11.5. The molecule has 3 atom stereocenters. The van der Waals surface area contributed by atoms with E-state index in [0.717, 1.165) is 13.1 Å². The fourth-order valence-electron chi connectivity index (χ4n) is 4.22. The highest BCUT2D eigenvalue weighted by Gasteiger charge is 2.38. The predicted octanol–water partition coefficient (Wildman–Crippen LogP) is 2.09. The number of rotatable bonds is 1. The summed E-state index contributed by atoms with van der Waals surface area (Å²) in [4.78, 5) is 5.95. The molecule has 4 rings (SSSR count). The smallest absolute Gasteiger partial charge is 0.0459 e. The molecule has 1 saturated heterocycles. The molecule has 100 valence electrons. The number of fused-ring (bicyclic) bond motifs is 2.